The van der Waals surface area contributed by atoms with Crippen LogP contribution in [0.2, 0.25) is 5.02 Å². The first-order chi connectivity index (χ1) is 7.62. The lowest BCUT2D eigenvalue weighted by Crippen LogP contribution is -2.17. The third-order valence-electron chi connectivity index (χ3n) is 1.96. The van der Waals surface area contributed by atoms with E-state index in [0.717, 1.165) is 6.07 Å². The molecule has 0 unspecified atom stereocenters. The molecule has 0 aromatic heterocycles. The first-order valence-electron chi connectivity index (χ1n) is 4.46. The molecule has 0 heterocycles. The van der Waals surface area contributed by atoms with Crippen LogP contribution in [-0.4, -0.2) is 20.3 Å². The Bertz CT molecular complexity index is 513. The molecule has 8 heteroatoms. The van der Waals surface area contributed by atoms with E-state index in [2.05, 4.69) is 0 Å². The average molecular weight is 288 g/mol. The van der Waals surface area contributed by atoms with Crippen molar-refractivity contribution in [2.45, 2.75) is 17.5 Å². The van der Waals surface area contributed by atoms with Crippen LogP contribution in [0.1, 0.15) is 6.42 Å². The molecule has 3 nitrogen and oxygen atoms in total. The monoisotopic (exact) mass is 287 g/mol. The molecule has 17 heavy (non-hydrogen) atoms. The van der Waals surface area contributed by atoms with Gasteiger partial charge >= 0.3 is 6.18 Å². The summed E-state index contributed by atoms with van der Waals surface area (Å²) in [5, 5.41) is 0.220. The zero-order chi connectivity index (χ0) is 13.3. The van der Waals surface area contributed by atoms with Crippen LogP contribution in [0.3, 0.4) is 0 Å². The summed E-state index contributed by atoms with van der Waals surface area (Å²) in [5.41, 5.74) is 5.25. The van der Waals surface area contributed by atoms with Gasteiger partial charge in [-0.1, -0.05) is 11.6 Å². The number of hydrogen-bond acceptors (Lipinski definition) is 3. The SMILES string of the molecule is Nc1cc(Cl)ccc1S(=O)(=O)CCC(F)(F)F. The van der Waals surface area contributed by atoms with Crippen molar-refractivity contribution in [3.8, 4) is 0 Å². The maximum Gasteiger partial charge on any atom is 0.390 e. The highest BCUT2D eigenvalue weighted by atomic mass is 35.5. The van der Waals surface area contributed by atoms with Crippen LogP contribution in [0, 0.1) is 0 Å². The lowest BCUT2D eigenvalue weighted by Gasteiger charge is -2.09. The summed E-state index contributed by atoms with van der Waals surface area (Å²) in [6.07, 6.45) is -5.92. The van der Waals surface area contributed by atoms with Gasteiger partial charge in [0.1, 0.15) is 0 Å². The molecule has 0 fully saturated rings. The molecule has 1 aromatic carbocycles. The number of nitrogens with two attached hydrogens (primary N) is 1. The molecule has 1 aromatic rings. The molecule has 0 aliphatic heterocycles. The van der Waals surface area contributed by atoms with Gasteiger partial charge in [-0.3, -0.25) is 0 Å². The second-order valence-electron chi connectivity index (χ2n) is 3.37. The quantitative estimate of drug-likeness (QED) is 0.870. The highest BCUT2D eigenvalue weighted by Gasteiger charge is 2.31. The minimum Gasteiger partial charge on any atom is -0.398 e. The molecule has 0 spiro atoms. The van der Waals surface area contributed by atoms with Crippen LogP contribution < -0.4 is 5.73 Å². The average Bonchev–Trinajstić information content (AvgIpc) is 2.13. The summed E-state index contributed by atoms with van der Waals surface area (Å²) in [6, 6.07) is 3.55. The summed E-state index contributed by atoms with van der Waals surface area (Å²) in [7, 11) is -4.04. The summed E-state index contributed by atoms with van der Waals surface area (Å²) < 4.78 is 59.0. The lowest BCUT2D eigenvalue weighted by atomic mass is 10.3. The van der Waals surface area contributed by atoms with Crippen molar-refractivity contribution in [2.24, 2.45) is 0 Å². The molecule has 1 rings (SSSR count). The number of anilines is 1. The van der Waals surface area contributed by atoms with Gasteiger partial charge in [-0.25, -0.2) is 8.42 Å². The first-order valence-corrected chi connectivity index (χ1v) is 6.49. The van der Waals surface area contributed by atoms with E-state index >= 15 is 0 Å². The first kappa shape index (κ1) is 14.1. The van der Waals surface area contributed by atoms with Crippen molar-refractivity contribution in [1.82, 2.24) is 0 Å². The van der Waals surface area contributed by atoms with Crippen LogP contribution in [0.5, 0.6) is 0 Å². The molecule has 0 aliphatic rings. The Hall–Kier alpha value is -0.950. The third-order valence-corrected chi connectivity index (χ3v) is 3.98. The van der Waals surface area contributed by atoms with E-state index in [0.29, 0.717) is 0 Å². The van der Waals surface area contributed by atoms with Gasteiger partial charge in [0.15, 0.2) is 9.84 Å². The van der Waals surface area contributed by atoms with Crippen LogP contribution >= 0.6 is 11.6 Å². The van der Waals surface area contributed by atoms with Gasteiger partial charge in [0.05, 0.1) is 22.8 Å². The summed E-state index contributed by atoms with van der Waals surface area (Å²) in [4.78, 5) is -0.328. The van der Waals surface area contributed by atoms with Crippen LogP contribution in [0.25, 0.3) is 0 Å². The molecular formula is C9H9ClF3NO2S. The maximum atomic E-state index is 11.9. The number of nitrogen functional groups attached to an aromatic ring is 1. The van der Waals surface area contributed by atoms with Crippen molar-refractivity contribution in [3.63, 3.8) is 0 Å². The second kappa shape index (κ2) is 4.73. The van der Waals surface area contributed by atoms with Crippen molar-refractivity contribution >= 4 is 27.1 Å². The fraction of sp³-hybridized carbons (Fsp3) is 0.333. The normalized spacial score (nSPS) is 12.7. The van der Waals surface area contributed by atoms with E-state index < -0.39 is 28.2 Å². The zero-order valence-electron chi connectivity index (χ0n) is 8.46. The third kappa shape index (κ3) is 4.08. The molecule has 96 valence electrons. The van der Waals surface area contributed by atoms with E-state index in [1.165, 1.54) is 12.1 Å². The fourth-order valence-corrected chi connectivity index (χ4v) is 2.76. The summed E-state index contributed by atoms with van der Waals surface area (Å²) in [6.45, 7) is 0. The number of sulfone groups is 1. The highest BCUT2D eigenvalue weighted by Crippen LogP contribution is 2.27. The predicted octanol–water partition coefficient (Wildman–Crippen LogP) is 2.65. The van der Waals surface area contributed by atoms with Crippen molar-refractivity contribution in [1.29, 1.82) is 0 Å². The number of rotatable bonds is 3. The van der Waals surface area contributed by atoms with Gasteiger partial charge in [-0.15, -0.1) is 0 Å². The molecule has 0 atom stereocenters. The lowest BCUT2D eigenvalue weighted by molar-refractivity contribution is -0.129. The Kier molecular flexibility index (Phi) is 3.93. The molecule has 0 aliphatic carbocycles. The Morgan fingerprint density at radius 1 is 1.29 bits per heavy atom. The van der Waals surface area contributed by atoms with Crippen LogP contribution in [0.4, 0.5) is 18.9 Å². The number of halogens is 4. The molecule has 0 bridgehead atoms. The van der Waals surface area contributed by atoms with Gasteiger partial charge in [0.25, 0.3) is 0 Å². The van der Waals surface area contributed by atoms with Crippen LogP contribution in [0.15, 0.2) is 23.1 Å². The number of alkyl halides is 3. The summed E-state index contributed by atoms with van der Waals surface area (Å²) in [5.74, 6) is -1.03. The highest BCUT2D eigenvalue weighted by molar-refractivity contribution is 7.91. The molecular weight excluding hydrogens is 279 g/mol. The number of hydrogen-bond donors (Lipinski definition) is 1. The van der Waals surface area contributed by atoms with E-state index in [4.69, 9.17) is 17.3 Å². The van der Waals surface area contributed by atoms with Gasteiger partial charge in [-0.05, 0) is 18.2 Å². The Balaban J connectivity index is 2.98. The van der Waals surface area contributed by atoms with Gasteiger partial charge < -0.3 is 5.73 Å². The van der Waals surface area contributed by atoms with Crippen molar-refractivity contribution in [3.05, 3.63) is 23.2 Å². The summed E-state index contributed by atoms with van der Waals surface area (Å²) >= 11 is 5.56. The van der Waals surface area contributed by atoms with Crippen molar-refractivity contribution < 1.29 is 21.6 Å². The smallest absolute Gasteiger partial charge is 0.390 e. The maximum absolute atomic E-state index is 11.9. The number of benzene rings is 1. The van der Waals surface area contributed by atoms with E-state index in [1.807, 2.05) is 0 Å². The van der Waals surface area contributed by atoms with Crippen molar-refractivity contribution in [2.75, 3.05) is 11.5 Å². The molecule has 0 saturated carbocycles. The predicted molar refractivity (Wildman–Crippen MR) is 58.6 cm³/mol. The minimum atomic E-state index is -4.52. The Morgan fingerprint density at radius 3 is 2.35 bits per heavy atom. The van der Waals surface area contributed by atoms with E-state index in [1.54, 1.807) is 0 Å². The van der Waals surface area contributed by atoms with E-state index in [9.17, 15) is 21.6 Å². The van der Waals surface area contributed by atoms with Gasteiger partial charge in [0, 0.05) is 5.02 Å². The minimum absolute atomic E-state index is 0.153. The second-order valence-corrected chi connectivity index (χ2v) is 5.88. The topological polar surface area (TPSA) is 60.2 Å². The fourth-order valence-electron chi connectivity index (χ4n) is 1.16. The molecule has 2 N–H and O–H groups in total. The molecule has 0 radical (unpaired) electrons. The molecule has 0 saturated heterocycles. The van der Waals surface area contributed by atoms with Gasteiger partial charge in [-0.2, -0.15) is 13.2 Å². The molecule has 0 amide bonds. The van der Waals surface area contributed by atoms with E-state index in [-0.39, 0.29) is 15.6 Å². The zero-order valence-corrected chi connectivity index (χ0v) is 10.0. The largest absolute Gasteiger partial charge is 0.398 e. The Morgan fingerprint density at radius 2 is 1.88 bits per heavy atom. The Labute approximate surface area is 101 Å². The van der Waals surface area contributed by atoms with Gasteiger partial charge in [0.2, 0.25) is 0 Å². The standard InChI is InChI=1S/C9H9ClF3NO2S/c10-6-1-2-8(7(14)5-6)17(15,16)4-3-9(11,12)13/h1-2,5H,3-4,14H2. The van der Waals surface area contributed by atoms with Crippen LogP contribution in [-0.2, 0) is 9.84 Å².